The van der Waals surface area contributed by atoms with Crippen LogP contribution in [0.2, 0.25) is 5.02 Å². The van der Waals surface area contributed by atoms with Crippen molar-refractivity contribution < 1.29 is 55.2 Å². The van der Waals surface area contributed by atoms with E-state index >= 15 is 0 Å². The molecule has 10 nitrogen and oxygen atoms in total. The number of carbonyl (C=O) groups is 2. The number of carbonyl (C=O) groups excluding carboxylic acids is 1. The summed E-state index contributed by atoms with van der Waals surface area (Å²) in [4.78, 5) is 31.1. The van der Waals surface area contributed by atoms with Crippen LogP contribution in [0.4, 0.5) is 5.82 Å². The molecule has 0 atom stereocenters. The summed E-state index contributed by atoms with van der Waals surface area (Å²) >= 11 is 8.78. The molecule has 0 aliphatic rings. The molecule has 0 unspecified atom stereocenters. The number of hydrogen-bond donors (Lipinski definition) is 2. The van der Waals surface area contributed by atoms with Crippen LogP contribution in [0.15, 0.2) is 58.9 Å². The molecule has 0 bridgehead atoms. The smallest absolute Gasteiger partial charge is 1.00 e. The number of nitrogen functional groups attached to an aromatic ring is 1. The van der Waals surface area contributed by atoms with E-state index in [0.717, 1.165) is 16.3 Å². The Hall–Kier alpha value is -3.62. The van der Waals surface area contributed by atoms with E-state index < -0.39 is 11.9 Å². The number of rotatable bonds is 12. The van der Waals surface area contributed by atoms with Gasteiger partial charge >= 0.3 is 41.5 Å². The molecule has 4 rings (SSSR count). The second-order valence-corrected chi connectivity index (χ2v) is 10.8. The Morgan fingerprint density at radius 1 is 1.00 bits per heavy atom. The summed E-state index contributed by atoms with van der Waals surface area (Å²) in [6, 6.07) is 18.4. The number of aliphatic carboxylic acids is 1. The van der Waals surface area contributed by atoms with Crippen molar-refractivity contribution >= 4 is 52.5 Å². The molecule has 4 aromatic rings. The van der Waals surface area contributed by atoms with Crippen molar-refractivity contribution in [1.82, 2.24) is 9.97 Å². The average molecular weight is 644 g/mol. The van der Waals surface area contributed by atoms with Crippen LogP contribution in [0, 0.1) is 22.7 Å². The zero-order chi connectivity index (χ0) is 30.1. The third-order valence-electron chi connectivity index (χ3n) is 5.72. The molecule has 0 saturated carbocycles. The summed E-state index contributed by atoms with van der Waals surface area (Å²) in [6.45, 7) is 0.0173. The van der Waals surface area contributed by atoms with Crippen molar-refractivity contribution in [2.75, 3.05) is 18.9 Å². The monoisotopic (exact) mass is 643 g/mol. The summed E-state index contributed by atoms with van der Waals surface area (Å²) in [7, 11) is 0. The Labute approximate surface area is 284 Å². The maximum absolute atomic E-state index is 11.5. The molecular weight excluding hydrogens is 621 g/mol. The number of carboxylic acids is 1. The van der Waals surface area contributed by atoms with Gasteiger partial charge in [-0.25, -0.2) is 9.97 Å². The maximum atomic E-state index is 11.5. The molecule has 3 N–H and O–H groups in total. The second-order valence-electron chi connectivity index (χ2n) is 8.58. The van der Waals surface area contributed by atoms with E-state index in [1.807, 2.05) is 17.5 Å². The van der Waals surface area contributed by atoms with Crippen LogP contribution in [-0.2, 0) is 20.1 Å². The molecule has 2 aromatic heterocycles. The quantitative estimate of drug-likeness (QED) is 0.101. The number of thioether (sulfide) groups is 1. The fraction of sp³-hybridized carbons (Fsp3) is 0.172. The zero-order valence-corrected chi connectivity index (χ0v) is 27.3. The van der Waals surface area contributed by atoms with Gasteiger partial charge in [-0.15, -0.1) is 11.3 Å². The number of hydrogen-bond acceptors (Lipinski definition) is 11. The van der Waals surface area contributed by atoms with Gasteiger partial charge in [-0.3, -0.25) is 9.59 Å². The average Bonchev–Trinajstić information content (AvgIpc) is 3.46. The number of halogens is 1. The fourth-order valence-corrected chi connectivity index (χ4v) is 5.69. The van der Waals surface area contributed by atoms with Gasteiger partial charge in [0.1, 0.15) is 52.5 Å². The SMILES string of the molecule is N#Cc1c(N)nc(SCc2csc(-c3ccc(Cl)cc3)n2)c(C#N)c1-c1ccc(OCCOC(=O)CCC(=O)O)cc1.[H-].[Na+]. The minimum atomic E-state index is -1.08. The number of benzene rings is 2. The van der Waals surface area contributed by atoms with Crippen molar-refractivity contribution in [3.63, 3.8) is 0 Å². The Bertz CT molecular complexity index is 1690. The van der Waals surface area contributed by atoms with Crippen LogP contribution in [-0.4, -0.2) is 40.2 Å². The van der Waals surface area contributed by atoms with E-state index in [0.29, 0.717) is 32.7 Å². The normalized spacial score (nSPS) is 10.2. The molecule has 0 saturated heterocycles. The largest absolute Gasteiger partial charge is 1.00 e. The van der Waals surface area contributed by atoms with Gasteiger partial charge in [0, 0.05) is 27.3 Å². The molecule has 0 fully saturated rings. The maximum Gasteiger partial charge on any atom is 1.00 e. The first-order chi connectivity index (χ1) is 20.3. The summed E-state index contributed by atoms with van der Waals surface area (Å²) in [5.74, 6) is -0.782. The molecular formula is C29H23ClN5NaO5S2. The van der Waals surface area contributed by atoms with Crippen molar-refractivity contribution in [3.05, 3.63) is 75.8 Å². The number of thiazole rings is 1. The van der Waals surface area contributed by atoms with Crippen LogP contribution in [0.25, 0.3) is 21.7 Å². The third kappa shape index (κ3) is 9.18. The molecule has 43 heavy (non-hydrogen) atoms. The first kappa shape index (κ1) is 33.9. The summed E-state index contributed by atoms with van der Waals surface area (Å²) in [5, 5.41) is 32.3. The molecule has 0 radical (unpaired) electrons. The molecule has 2 heterocycles. The number of nitriles is 2. The predicted molar refractivity (Wildman–Crippen MR) is 160 cm³/mol. The summed E-state index contributed by atoms with van der Waals surface area (Å²) in [6.07, 6.45) is -0.511. The first-order valence-corrected chi connectivity index (χ1v) is 14.6. The summed E-state index contributed by atoms with van der Waals surface area (Å²) in [5.41, 5.74) is 9.16. The third-order valence-corrected chi connectivity index (χ3v) is 7.92. The minimum Gasteiger partial charge on any atom is -1.00 e. The fourth-order valence-electron chi connectivity index (χ4n) is 3.75. The predicted octanol–water partition coefficient (Wildman–Crippen LogP) is 3.05. The van der Waals surface area contributed by atoms with E-state index in [2.05, 4.69) is 22.1 Å². The van der Waals surface area contributed by atoms with E-state index in [4.69, 9.17) is 31.9 Å². The molecule has 0 aliphatic carbocycles. The second kappa shape index (κ2) is 16.3. The Balaban J connectivity index is 0.00000337. The summed E-state index contributed by atoms with van der Waals surface area (Å²) < 4.78 is 10.5. The molecule has 0 spiro atoms. The molecule has 0 aliphatic heterocycles. The van der Waals surface area contributed by atoms with Crippen LogP contribution >= 0.6 is 34.7 Å². The van der Waals surface area contributed by atoms with E-state index in [1.165, 1.54) is 23.1 Å². The van der Waals surface area contributed by atoms with Gasteiger partial charge in [-0.05, 0) is 29.8 Å². The van der Waals surface area contributed by atoms with Crippen LogP contribution in [0.5, 0.6) is 5.75 Å². The van der Waals surface area contributed by atoms with Gasteiger partial charge < -0.3 is 21.7 Å². The van der Waals surface area contributed by atoms with E-state index in [-0.39, 0.29) is 74.0 Å². The van der Waals surface area contributed by atoms with E-state index in [1.54, 1.807) is 36.4 Å². The number of ether oxygens (including phenoxy) is 2. The van der Waals surface area contributed by atoms with Gasteiger partial charge in [0.15, 0.2) is 0 Å². The molecule has 214 valence electrons. The van der Waals surface area contributed by atoms with Crippen molar-refractivity contribution in [2.45, 2.75) is 23.6 Å². The number of nitrogens with two attached hydrogens (primary N) is 1. The Morgan fingerprint density at radius 2 is 1.67 bits per heavy atom. The number of carboxylic acid groups (broad SMARTS) is 1. The van der Waals surface area contributed by atoms with Gasteiger partial charge in [0.2, 0.25) is 0 Å². The Kier molecular flexibility index (Phi) is 12.8. The number of pyridine rings is 1. The molecule has 0 amide bonds. The van der Waals surface area contributed by atoms with Crippen molar-refractivity contribution in [2.24, 2.45) is 0 Å². The van der Waals surface area contributed by atoms with Crippen molar-refractivity contribution in [1.29, 1.82) is 10.5 Å². The van der Waals surface area contributed by atoms with E-state index in [9.17, 15) is 20.1 Å². The number of anilines is 1. The van der Waals surface area contributed by atoms with Gasteiger partial charge in [-0.2, -0.15) is 10.5 Å². The van der Waals surface area contributed by atoms with Crippen LogP contribution in [0.3, 0.4) is 0 Å². The minimum absolute atomic E-state index is 0. The molecule has 2 aromatic carbocycles. The standard InChI is InChI=1S/C29H22ClN5O5S2.Na.H/c30-19-5-1-18(2-6-19)28-34-20(15-41-28)16-42-29-23(14-32)26(22(13-31)27(33)35-29)17-3-7-21(8-4-17)39-11-12-40-25(38)10-9-24(36)37;;/h1-8,15H,9-12,16H2,(H2,33,35)(H,36,37);;/q;+1;-1. The van der Waals surface area contributed by atoms with Crippen LogP contribution in [0.1, 0.15) is 31.1 Å². The van der Waals surface area contributed by atoms with Gasteiger partial charge in [0.05, 0.1) is 24.1 Å². The first-order valence-electron chi connectivity index (χ1n) is 12.4. The Morgan fingerprint density at radius 3 is 2.33 bits per heavy atom. The van der Waals surface area contributed by atoms with Crippen LogP contribution < -0.4 is 40.0 Å². The number of esters is 1. The molecule has 14 heteroatoms. The van der Waals surface area contributed by atoms with Gasteiger partial charge in [0.25, 0.3) is 0 Å². The zero-order valence-electron chi connectivity index (χ0n) is 23.9. The number of aromatic nitrogens is 2. The topological polar surface area (TPSA) is 172 Å². The van der Waals surface area contributed by atoms with Crippen molar-refractivity contribution in [3.8, 4) is 39.6 Å². The number of nitrogens with zero attached hydrogens (tertiary/aromatic N) is 4. The van der Waals surface area contributed by atoms with Gasteiger partial charge in [-0.1, -0.05) is 47.6 Å².